The summed E-state index contributed by atoms with van der Waals surface area (Å²) in [5.41, 5.74) is 0.993. The zero-order valence-corrected chi connectivity index (χ0v) is 14.6. The first-order chi connectivity index (χ1) is 11.5. The Labute approximate surface area is 146 Å². The van der Waals surface area contributed by atoms with E-state index >= 15 is 0 Å². The molecule has 2 aromatic rings. The lowest BCUT2D eigenvalue weighted by molar-refractivity contribution is -0.890. The van der Waals surface area contributed by atoms with E-state index in [0.29, 0.717) is 28.4 Å². The van der Waals surface area contributed by atoms with Gasteiger partial charge in [-0.25, -0.2) is 4.39 Å². The predicted octanol–water partition coefficient (Wildman–Crippen LogP) is 2.50. The van der Waals surface area contributed by atoms with Crippen LogP contribution in [0.15, 0.2) is 41.4 Å². The van der Waals surface area contributed by atoms with Gasteiger partial charge in [-0.2, -0.15) is 0 Å². The summed E-state index contributed by atoms with van der Waals surface area (Å²) in [5, 5.41) is 10.5. The standard InChI is InChI=1S/C18H20ClFN2O2/c1-22(2)15(17-13(19)7-5-8-14(17)20)11-21-10-12-6-4-9-16(24-3)18(12)23/h4-10,15,23H,11H2,1-3H3/p+1/t15-/m1/s1. The van der Waals surface area contributed by atoms with Crippen LogP contribution in [0.4, 0.5) is 4.39 Å². The van der Waals surface area contributed by atoms with Gasteiger partial charge in [-0.05, 0) is 24.3 Å². The van der Waals surface area contributed by atoms with Crippen molar-refractivity contribution in [2.75, 3.05) is 27.7 Å². The van der Waals surface area contributed by atoms with Crippen LogP contribution in [0, 0.1) is 5.82 Å². The number of rotatable bonds is 6. The van der Waals surface area contributed by atoms with Crippen LogP contribution in [0.25, 0.3) is 0 Å². The number of para-hydroxylation sites is 1. The van der Waals surface area contributed by atoms with Crippen LogP contribution in [0.1, 0.15) is 17.2 Å². The fourth-order valence-electron chi connectivity index (χ4n) is 2.47. The van der Waals surface area contributed by atoms with Gasteiger partial charge in [0.2, 0.25) is 0 Å². The summed E-state index contributed by atoms with van der Waals surface area (Å²) in [4.78, 5) is 5.38. The molecule has 0 saturated carbocycles. The number of methoxy groups -OCH3 is 1. The Bertz CT molecular complexity index is 715. The average Bonchev–Trinajstić information content (AvgIpc) is 2.54. The van der Waals surface area contributed by atoms with E-state index in [9.17, 15) is 9.50 Å². The van der Waals surface area contributed by atoms with Crippen LogP contribution in [-0.2, 0) is 0 Å². The lowest BCUT2D eigenvalue weighted by atomic mass is 10.1. The number of phenols is 1. The molecule has 0 spiro atoms. The predicted molar refractivity (Wildman–Crippen MR) is 94.1 cm³/mol. The fourth-order valence-corrected chi connectivity index (χ4v) is 2.77. The zero-order valence-electron chi connectivity index (χ0n) is 13.9. The number of quaternary nitrogens is 1. The van der Waals surface area contributed by atoms with Crippen LogP contribution >= 0.6 is 11.6 Å². The largest absolute Gasteiger partial charge is 0.504 e. The van der Waals surface area contributed by atoms with Crippen LogP contribution in [0.5, 0.6) is 11.5 Å². The highest BCUT2D eigenvalue weighted by molar-refractivity contribution is 6.31. The second-order valence-corrected chi connectivity index (χ2v) is 6.06. The van der Waals surface area contributed by atoms with E-state index < -0.39 is 0 Å². The molecule has 2 rings (SSSR count). The highest BCUT2D eigenvalue weighted by atomic mass is 35.5. The van der Waals surface area contributed by atoms with Crippen LogP contribution in [0.2, 0.25) is 5.02 Å². The lowest BCUT2D eigenvalue weighted by Crippen LogP contribution is -3.06. The lowest BCUT2D eigenvalue weighted by Gasteiger charge is -2.21. The van der Waals surface area contributed by atoms with Gasteiger partial charge in [-0.15, -0.1) is 0 Å². The number of hydrogen-bond acceptors (Lipinski definition) is 3. The quantitative estimate of drug-likeness (QED) is 0.785. The molecule has 1 atom stereocenters. The number of halogens is 2. The van der Waals surface area contributed by atoms with Gasteiger partial charge in [-0.1, -0.05) is 23.7 Å². The minimum absolute atomic E-state index is 0.0291. The smallest absolute Gasteiger partial charge is 0.166 e. The van der Waals surface area contributed by atoms with Crippen LogP contribution in [-0.4, -0.2) is 39.1 Å². The van der Waals surface area contributed by atoms with Crippen LogP contribution < -0.4 is 9.64 Å². The van der Waals surface area contributed by atoms with Crippen molar-refractivity contribution in [1.82, 2.24) is 0 Å². The molecule has 0 unspecified atom stereocenters. The topological polar surface area (TPSA) is 46.3 Å². The normalized spacial score (nSPS) is 12.8. The first-order valence-electron chi connectivity index (χ1n) is 7.55. The summed E-state index contributed by atoms with van der Waals surface area (Å²) >= 11 is 6.17. The SMILES string of the molecule is COc1cccc(C=NC[C@H](c2c(F)cccc2Cl)[NH+](C)C)c1O. The summed E-state index contributed by atoms with van der Waals surface area (Å²) < 4.78 is 19.2. The monoisotopic (exact) mass is 351 g/mol. The van der Waals surface area contributed by atoms with Gasteiger partial charge in [-0.3, -0.25) is 4.99 Å². The second-order valence-electron chi connectivity index (χ2n) is 5.66. The van der Waals surface area contributed by atoms with Crippen molar-refractivity contribution in [3.63, 3.8) is 0 Å². The summed E-state index contributed by atoms with van der Waals surface area (Å²) in [6.45, 7) is 0.333. The van der Waals surface area contributed by atoms with Crippen LogP contribution in [0.3, 0.4) is 0 Å². The highest BCUT2D eigenvalue weighted by Crippen LogP contribution is 2.28. The molecule has 0 aliphatic heterocycles. The fraction of sp³-hybridized carbons (Fsp3) is 0.278. The first-order valence-corrected chi connectivity index (χ1v) is 7.93. The molecule has 0 saturated heterocycles. The number of likely N-dealkylation sites (N-methyl/N-ethyl adjacent to an activating group) is 1. The molecule has 0 heterocycles. The van der Waals surface area contributed by atoms with Crippen molar-refractivity contribution in [1.29, 1.82) is 0 Å². The minimum atomic E-state index is -0.340. The molecular formula is C18H21ClFN2O2+. The second kappa shape index (κ2) is 8.13. The number of phenolic OH excluding ortho intramolecular Hbond substituents is 1. The van der Waals surface area contributed by atoms with Crippen molar-refractivity contribution >= 4 is 17.8 Å². The maximum absolute atomic E-state index is 14.2. The molecule has 2 N–H and O–H groups in total. The molecule has 0 aliphatic carbocycles. The van der Waals surface area contributed by atoms with Crippen molar-refractivity contribution in [2.45, 2.75) is 6.04 Å². The van der Waals surface area contributed by atoms with E-state index in [1.165, 1.54) is 13.2 Å². The molecule has 0 radical (unpaired) electrons. The maximum atomic E-state index is 14.2. The number of aliphatic imine (C=N–C) groups is 1. The Morgan fingerprint density at radius 2 is 2.00 bits per heavy atom. The molecule has 6 heteroatoms. The number of nitrogens with one attached hydrogen (secondary N) is 1. The van der Waals surface area contributed by atoms with Gasteiger partial charge < -0.3 is 14.7 Å². The van der Waals surface area contributed by atoms with Gasteiger partial charge in [0.25, 0.3) is 0 Å². The van der Waals surface area contributed by atoms with E-state index in [1.54, 1.807) is 36.5 Å². The van der Waals surface area contributed by atoms with Crippen molar-refractivity contribution in [2.24, 2.45) is 4.99 Å². The molecule has 0 fully saturated rings. The van der Waals surface area contributed by atoms with Gasteiger partial charge in [0, 0.05) is 11.8 Å². The van der Waals surface area contributed by atoms with Crippen molar-refractivity contribution in [3.8, 4) is 11.5 Å². The molecule has 0 bridgehead atoms. The van der Waals surface area contributed by atoms with Crippen molar-refractivity contribution in [3.05, 3.63) is 58.4 Å². The Balaban J connectivity index is 2.24. The molecule has 2 aromatic carbocycles. The van der Waals surface area contributed by atoms with E-state index in [4.69, 9.17) is 16.3 Å². The van der Waals surface area contributed by atoms with E-state index in [2.05, 4.69) is 4.99 Å². The Kier molecular flexibility index (Phi) is 6.17. The Hall–Kier alpha value is -2.11. The average molecular weight is 352 g/mol. The molecule has 0 amide bonds. The molecule has 24 heavy (non-hydrogen) atoms. The molecule has 0 aromatic heterocycles. The van der Waals surface area contributed by atoms with E-state index in [0.717, 1.165) is 4.90 Å². The number of ether oxygens (including phenoxy) is 1. The number of aromatic hydroxyl groups is 1. The van der Waals surface area contributed by atoms with E-state index in [1.807, 2.05) is 14.1 Å². The van der Waals surface area contributed by atoms with Gasteiger partial charge in [0.15, 0.2) is 11.5 Å². The molecule has 0 aliphatic rings. The van der Waals surface area contributed by atoms with Gasteiger partial charge in [0.05, 0.1) is 38.3 Å². The molecular weight excluding hydrogens is 331 g/mol. The number of benzene rings is 2. The Morgan fingerprint density at radius 1 is 1.29 bits per heavy atom. The molecule has 4 nitrogen and oxygen atoms in total. The third-order valence-corrected chi connectivity index (χ3v) is 4.14. The number of nitrogens with zero attached hydrogens (tertiary/aromatic N) is 1. The summed E-state index contributed by atoms with van der Waals surface area (Å²) in [7, 11) is 5.33. The minimum Gasteiger partial charge on any atom is -0.504 e. The third kappa shape index (κ3) is 4.04. The Morgan fingerprint density at radius 3 is 2.62 bits per heavy atom. The number of hydrogen-bond donors (Lipinski definition) is 2. The summed E-state index contributed by atoms with van der Waals surface area (Å²) in [6.07, 6.45) is 1.56. The third-order valence-electron chi connectivity index (χ3n) is 3.81. The molecule has 128 valence electrons. The van der Waals surface area contributed by atoms with Gasteiger partial charge >= 0.3 is 0 Å². The van der Waals surface area contributed by atoms with E-state index in [-0.39, 0.29) is 17.6 Å². The summed E-state index contributed by atoms with van der Waals surface area (Å²) in [5.74, 6) is 0.0698. The first kappa shape index (κ1) is 18.2. The maximum Gasteiger partial charge on any atom is 0.166 e. The van der Waals surface area contributed by atoms with Gasteiger partial charge in [0.1, 0.15) is 11.9 Å². The zero-order chi connectivity index (χ0) is 17.7. The van der Waals surface area contributed by atoms with Crippen molar-refractivity contribution < 1.29 is 19.1 Å². The summed E-state index contributed by atoms with van der Waals surface area (Å²) in [6, 6.07) is 9.58. The highest BCUT2D eigenvalue weighted by Gasteiger charge is 2.24.